The lowest BCUT2D eigenvalue weighted by Crippen LogP contribution is -2.38. The Morgan fingerprint density at radius 3 is 2.32 bits per heavy atom. The molecule has 0 saturated carbocycles. The summed E-state index contributed by atoms with van der Waals surface area (Å²) in [6.07, 6.45) is 2.18. The molecule has 0 aliphatic heterocycles. The van der Waals surface area contributed by atoms with Gasteiger partial charge in [0.05, 0.1) is 17.6 Å². The van der Waals surface area contributed by atoms with Gasteiger partial charge in [0, 0.05) is 27.4 Å². The maximum atomic E-state index is 14.3. The molecule has 0 fully saturated rings. The summed E-state index contributed by atoms with van der Waals surface area (Å²) in [4.78, 5) is 22.5. The van der Waals surface area contributed by atoms with Crippen molar-refractivity contribution in [3.63, 3.8) is 0 Å². The van der Waals surface area contributed by atoms with Gasteiger partial charge in [0.1, 0.15) is 35.5 Å². The van der Waals surface area contributed by atoms with Crippen LogP contribution in [0.25, 0.3) is 21.9 Å². The Labute approximate surface area is 277 Å². The second-order valence-electron chi connectivity index (χ2n) is 11.5. The molecule has 2 heterocycles. The monoisotopic (exact) mass is 675 g/mol. The van der Waals surface area contributed by atoms with Crippen LogP contribution in [0.4, 0.5) is 5.82 Å². The molecule has 2 aromatic heterocycles. The van der Waals surface area contributed by atoms with Gasteiger partial charge < -0.3 is 24.3 Å². The van der Waals surface area contributed by atoms with E-state index < -0.39 is 24.9 Å². The number of imidazole rings is 1. The van der Waals surface area contributed by atoms with Crippen LogP contribution in [0.1, 0.15) is 45.9 Å². The zero-order valence-electron chi connectivity index (χ0n) is 27.2. The molecule has 1 unspecified atom stereocenters. The number of esters is 1. The van der Waals surface area contributed by atoms with Crippen molar-refractivity contribution in [3.05, 3.63) is 90.8 Å². The third-order valence-electron chi connectivity index (χ3n) is 7.89. The number of nitrogen functional groups attached to an aromatic ring is 1. The van der Waals surface area contributed by atoms with E-state index in [9.17, 15) is 9.36 Å². The number of hydrogen-bond acceptors (Lipinski definition) is 9. The number of fused-ring (bicyclic) bond motifs is 3. The van der Waals surface area contributed by atoms with Crippen molar-refractivity contribution < 1.29 is 27.9 Å². The minimum atomic E-state index is -4.08. The fraction of sp³-hybridized carbons (Fsp3) is 0.324. The summed E-state index contributed by atoms with van der Waals surface area (Å²) >= 11 is 0. The van der Waals surface area contributed by atoms with Crippen LogP contribution in [0.2, 0.25) is 0 Å². The lowest BCUT2D eigenvalue weighted by Gasteiger charge is -2.34. The van der Waals surface area contributed by atoms with Crippen molar-refractivity contribution in [1.82, 2.24) is 19.6 Å². The van der Waals surface area contributed by atoms with E-state index in [-0.39, 0.29) is 6.61 Å². The second kappa shape index (κ2) is 15.2. The van der Waals surface area contributed by atoms with Crippen LogP contribution < -0.4 is 20.1 Å². The van der Waals surface area contributed by atoms with Gasteiger partial charge in [-0.15, -0.1) is 0 Å². The fourth-order valence-electron chi connectivity index (χ4n) is 5.69. The summed E-state index contributed by atoms with van der Waals surface area (Å²) < 4.78 is 39.9. The molecular weight excluding hydrogens is 633 g/mol. The van der Waals surface area contributed by atoms with E-state index in [1.165, 1.54) is 0 Å². The Balaban J connectivity index is 1.46. The van der Waals surface area contributed by atoms with Crippen LogP contribution in [-0.4, -0.2) is 50.0 Å². The highest BCUT2D eigenvalue weighted by atomic mass is 31.2. The van der Waals surface area contributed by atoms with Crippen LogP contribution in [-0.2, 0) is 30.4 Å². The molecule has 5 aromatic rings. The first-order valence-electron chi connectivity index (χ1n) is 15.8. The zero-order chi connectivity index (χ0) is 33.4. The average molecular weight is 676 g/mol. The van der Waals surface area contributed by atoms with Gasteiger partial charge in [0.25, 0.3) is 0 Å². The zero-order valence-corrected chi connectivity index (χ0v) is 30.1. The van der Waals surface area contributed by atoms with Crippen LogP contribution >= 0.6 is 7.75 Å². The van der Waals surface area contributed by atoms with Gasteiger partial charge in [-0.25, -0.2) is 19.3 Å². The number of carbonyl (C=O) groups excluding carboxylic acids is 1. The van der Waals surface area contributed by atoms with Crippen molar-refractivity contribution in [3.8, 4) is 11.5 Å². The van der Waals surface area contributed by atoms with Crippen LogP contribution in [0.15, 0.2) is 84.9 Å². The van der Waals surface area contributed by atoms with Gasteiger partial charge in [-0.1, -0.05) is 67.9 Å². The molecule has 248 valence electrons. The predicted molar refractivity (Wildman–Crippen MR) is 188 cm³/mol. The van der Waals surface area contributed by atoms with Crippen molar-refractivity contribution >= 4 is 51.7 Å². The van der Waals surface area contributed by atoms with Gasteiger partial charge in [-0.05, 0) is 57.0 Å². The molecule has 3 aromatic carbocycles. The largest absolute Gasteiger partial charge is 0.459 e. The smallest absolute Gasteiger partial charge is 0.425 e. The van der Waals surface area contributed by atoms with Gasteiger partial charge in [0.2, 0.25) is 0 Å². The first kappa shape index (κ1) is 34.3. The van der Waals surface area contributed by atoms with E-state index in [2.05, 4.69) is 21.6 Å². The number of pyridine rings is 1. The number of para-hydroxylation sites is 3. The number of carbonyl (C=O) groups is 1. The minimum absolute atomic E-state index is 0.0628. The predicted octanol–water partition coefficient (Wildman–Crippen LogP) is 5.70. The highest BCUT2D eigenvalue weighted by Gasteiger charge is 2.36. The minimum Gasteiger partial charge on any atom is -0.425 e. The molecule has 5 rings (SSSR count). The van der Waals surface area contributed by atoms with Crippen molar-refractivity contribution in [2.75, 3.05) is 18.9 Å². The molecule has 13 heteroatoms. The molecule has 3 atom stereocenters. The van der Waals surface area contributed by atoms with Crippen molar-refractivity contribution in [2.24, 2.45) is 0 Å². The number of anilines is 1. The Bertz CT molecular complexity index is 1860. The maximum Gasteiger partial charge on any atom is 0.459 e. The first-order valence-corrected chi connectivity index (χ1v) is 18.4. The third-order valence-corrected chi connectivity index (χ3v) is 11.0. The van der Waals surface area contributed by atoms with Crippen LogP contribution in [0.3, 0.4) is 0 Å². The summed E-state index contributed by atoms with van der Waals surface area (Å²) in [5, 5.41) is 3.31. The van der Waals surface area contributed by atoms with Crippen LogP contribution in [0, 0.1) is 0 Å². The Morgan fingerprint density at radius 1 is 0.979 bits per heavy atom. The van der Waals surface area contributed by atoms with Gasteiger partial charge in [-0.3, -0.25) is 4.52 Å². The molecule has 0 spiro atoms. The summed E-state index contributed by atoms with van der Waals surface area (Å²) in [5.74, 6) is 1.20. The molecule has 0 radical (unpaired) electrons. The molecule has 0 saturated heterocycles. The number of aromatic nitrogens is 3. The number of nitrogens with zero attached hydrogens (tertiary/aromatic N) is 3. The molecule has 0 amide bonds. The highest BCUT2D eigenvalue weighted by molar-refractivity contribution is 7.52. The number of hydrogen-bond donors (Lipinski definition) is 2. The number of rotatable bonds is 16. The average Bonchev–Trinajstić information content (AvgIpc) is 3.46. The standard InChI is InChI=1S/C34H42N5O6PSi/c1-4-20-34(47,39-29(23-42-5-2)37-30-31(39)27-18-12-13-19-28(27)36-32(30)35)21-22-43-46(41,45-26-16-10-7-11-17-26)38-24(3)33(40)44-25-14-8-6-9-15-25/h6-19,24H,4-5,20-23H2,1-3,47H3,(H2,35,36)(H,38,41)/t24-,34-,46?/m0/s1. The summed E-state index contributed by atoms with van der Waals surface area (Å²) in [6, 6.07) is 24.3. The maximum absolute atomic E-state index is 14.3. The lowest BCUT2D eigenvalue weighted by molar-refractivity contribution is -0.135. The summed E-state index contributed by atoms with van der Waals surface area (Å²) in [6.45, 7) is 6.52. The SMILES string of the molecule is CCC[C@]([SiH3])(CCOP(=O)(N[C@@H](C)C(=O)Oc1ccccc1)Oc1ccccc1)n1c(COCC)nc2c(N)nc3ccccc3c21. The van der Waals surface area contributed by atoms with E-state index in [1.54, 1.807) is 55.5 Å². The normalized spacial score (nSPS) is 14.9. The van der Waals surface area contributed by atoms with Crippen molar-refractivity contribution in [2.45, 2.75) is 57.8 Å². The molecule has 0 aliphatic rings. The van der Waals surface area contributed by atoms with Gasteiger partial charge >= 0.3 is 13.7 Å². The van der Waals surface area contributed by atoms with E-state index in [0.717, 1.165) is 35.1 Å². The molecule has 11 nitrogen and oxygen atoms in total. The molecular formula is C34H42N5O6PSi. The van der Waals surface area contributed by atoms with Gasteiger partial charge in [-0.2, -0.15) is 5.09 Å². The van der Waals surface area contributed by atoms with Crippen LogP contribution in [0.5, 0.6) is 11.5 Å². The lowest BCUT2D eigenvalue weighted by atomic mass is 10.1. The molecule has 3 N–H and O–H groups in total. The topological polar surface area (TPSA) is 140 Å². The molecule has 47 heavy (non-hydrogen) atoms. The number of benzene rings is 3. The Kier molecular flexibility index (Phi) is 11.1. The fourth-order valence-corrected chi connectivity index (χ4v) is 8.36. The van der Waals surface area contributed by atoms with E-state index in [1.807, 2.05) is 43.3 Å². The second-order valence-corrected chi connectivity index (χ2v) is 15.1. The van der Waals surface area contributed by atoms with E-state index >= 15 is 0 Å². The molecule has 0 aliphatic carbocycles. The van der Waals surface area contributed by atoms with E-state index in [0.29, 0.717) is 52.7 Å². The molecule has 0 bridgehead atoms. The quantitative estimate of drug-likeness (QED) is 0.0580. The first-order chi connectivity index (χ1) is 22.7. The number of ether oxygens (including phenoxy) is 2. The highest BCUT2D eigenvalue weighted by Crippen LogP contribution is 2.46. The van der Waals surface area contributed by atoms with Crippen molar-refractivity contribution in [1.29, 1.82) is 0 Å². The summed E-state index contributed by atoms with van der Waals surface area (Å²) in [5.41, 5.74) is 8.76. The Morgan fingerprint density at radius 2 is 1.64 bits per heavy atom. The number of nitrogens with one attached hydrogen (secondary N) is 1. The number of nitrogens with two attached hydrogens (primary N) is 1. The Hall–Kier alpha value is -4.06. The third kappa shape index (κ3) is 8.09. The van der Waals surface area contributed by atoms with E-state index in [4.69, 9.17) is 29.2 Å². The van der Waals surface area contributed by atoms with Gasteiger partial charge in [0.15, 0.2) is 5.82 Å². The summed E-state index contributed by atoms with van der Waals surface area (Å²) in [7, 11) is -3.38.